The monoisotopic (exact) mass is 479 g/mol. The van der Waals surface area contributed by atoms with Gasteiger partial charge < -0.3 is 19.7 Å². The topological polar surface area (TPSA) is 105 Å². The summed E-state index contributed by atoms with van der Waals surface area (Å²) in [5.74, 6) is 0.292. The van der Waals surface area contributed by atoms with Crippen molar-refractivity contribution in [2.24, 2.45) is 0 Å². The Hall–Kier alpha value is -2.82. The van der Waals surface area contributed by atoms with Crippen molar-refractivity contribution in [3.8, 4) is 11.5 Å². The maximum absolute atomic E-state index is 13.2. The minimum Gasteiger partial charge on any atom is -0.482 e. The molecule has 11 heteroatoms. The van der Waals surface area contributed by atoms with Gasteiger partial charge in [-0.05, 0) is 25.1 Å². The molecule has 2 aromatic rings. The molecule has 2 heterocycles. The molecular weight excluding hydrogens is 458 g/mol. The Morgan fingerprint density at radius 3 is 2.53 bits per heavy atom. The molecule has 1 fully saturated rings. The van der Waals surface area contributed by atoms with E-state index in [4.69, 9.17) is 21.1 Å². The van der Waals surface area contributed by atoms with Crippen LogP contribution in [0.3, 0.4) is 0 Å². The minimum atomic E-state index is -3.92. The standard InChI is InChI=1S/C21H22ClN3O6S/c1-14(31-15-5-3-2-4-6-15)21(27)24-7-9-25(10-8-24)32(28,29)19-12-18-17(11-16(19)22)23-20(26)13-30-18/h2-6,11-12,14H,7-10,13H2,1H3,(H,23,26). The van der Waals surface area contributed by atoms with E-state index >= 15 is 0 Å². The lowest BCUT2D eigenvalue weighted by Gasteiger charge is -2.35. The van der Waals surface area contributed by atoms with Crippen LogP contribution >= 0.6 is 11.6 Å². The number of amides is 2. The number of nitrogens with zero attached hydrogens (tertiary/aromatic N) is 2. The van der Waals surface area contributed by atoms with Gasteiger partial charge in [0.25, 0.3) is 11.8 Å². The fraction of sp³-hybridized carbons (Fsp3) is 0.333. The van der Waals surface area contributed by atoms with Crippen molar-refractivity contribution in [2.45, 2.75) is 17.9 Å². The van der Waals surface area contributed by atoms with Gasteiger partial charge in [0.2, 0.25) is 10.0 Å². The Morgan fingerprint density at radius 1 is 1.16 bits per heavy atom. The molecule has 170 valence electrons. The number of ether oxygens (including phenoxy) is 2. The number of sulfonamides is 1. The van der Waals surface area contributed by atoms with Gasteiger partial charge >= 0.3 is 0 Å². The molecule has 1 saturated heterocycles. The molecule has 2 aromatic carbocycles. The fourth-order valence-corrected chi connectivity index (χ4v) is 5.52. The maximum atomic E-state index is 13.2. The normalized spacial score (nSPS) is 17.7. The zero-order chi connectivity index (χ0) is 22.9. The van der Waals surface area contributed by atoms with Crippen molar-refractivity contribution in [1.82, 2.24) is 9.21 Å². The summed E-state index contributed by atoms with van der Waals surface area (Å²) in [4.78, 5) is 25.7. The molecule has 1 N–H and O–H groups in total. The molecule has 0 aliphatic carbocycles. The quantitative estimate of drug-likeness (QED) is 0.703. The molecule has 32 heavy (non-hydrogen) atoms. The van der Waals surface area contributed by atoms with Crippen molar-refractivity contribution < 1.29 is 27.5 Å². The Bertz CT molecular complexity index is 1130. The number of halogens is 1. The van der Waals surface area contributed by atoms with E-state index in [1.807, 2.05) is 18.2 Å². The molecule has 0 bridgehead atoms. The van der Waals surface area contributed by atoms with Crippen molar-refractivity contribution in [1.29, 1.82) is 0 Å². The second-order valence-corrected chi connectivity index (χ2v) is 9.73. The first-order chi connectivity index (χ1) is 15.3. The van der Waals surface area contributed by atoms with Crippen molar-refractivity contribution in [3.05, 3.63) is 47.5 Å². The Morgan fingerprint density at radius 2 is 1.84 bits per heavy atom. The molecule has 0 saturated carbocycles. The average molecular weight is 480 g/mol. The van der Waals surface area contributed by atoms with Gasteiger partial charge in [0.05, 0.1) is 10.7 Å². The number of hydrogen-bond donors (Lipinski definition) is 1. The molecule has 0 spiro atoms. The summed E-state index contributed by atoms with van der Waals surface area (Å²) in [7, 11) is -3.92. The third-order valence-electron chi connectivity index (χ3n) is 5.24. The highest BCUT2D eigenvalue weighted by Crippen LogP contribution is 2.37. The van der Waals surface area contributed by atoms with Crippen molar-refractivity contribution in [2.75, 3.05) is 38.1 Å². The molecule has 1 unspecified atom stereocenters. The zero-order valence-electron chi connectivity index (χ0n) is 17.3. The number of hydrogen-bond acceptors (Lipinski definition) is 6. The number of benzene rings is 2. The van der Waals surface area contributed by atoms with Crippen molar-refractivity contribution >= 4 is 39.1 Å². The molecule has 1 atom stereocenters. The van der Waals surface area contributed by atoms with E-state index in [9.17, 15) is 18.0 Å². The van der Waals surface area contributed by atoms with E-state index in [1.54, 1.807) is 24.0 Å². The van der Waals surface area contributed by atoms with Crippen LogP contribution in [0.15, 0.2) is 47.4 Å². The van der Waals surface area contributed by atoms with Crippen LogP contribution in [0, 0.1) is 0 Å². The van der Waals surface area contributed by atoms with Crippen LogP contribution in [0.5, 0.6) is 11.5 Å². The number of carbonyl (C=O) groups is 2. The van der Waals surface area contributed by atoms with Crippen LogP contribution in [0.2, 0.25) is 5.02 Å². The largest absolute Gasteiger partial charge is 0.482 e. The van der Waals surface area contributed by atoms with Crippen LogP contribution in [0.1, 0.15) is 6.92 Å². The van der Waals surface area contributed by atoms with Gasteiger partial charge in [-0.15, -0.1) is 0 Å². The summed E-state index contributed by atoms with van der Waals surface area (Å²) in [6.45, 7) is 2.18. The lowest BCUT2D eigenvalue weighted by Crippen LogP contribution is -2.53. The lowest BCUT2D eigenvalue weighted by molar-refractivity contribution is -0.139. The van der Waals surface area contributed by atoms with E-state index in [0.29, 0.717) is 11.4 Å². The van der Waals surface area contributed by atoms with E-state index < -0.39 is 16.1 Å². The van der Waals surface area contributed by atoms with Gasteiger partial charge in [-0.1, -0.05) is 29.8 Å². The van der Waals surface area contributed by atoms with Gasteiger partial charge in [-0.2, -0.15) is 4.31 Å². The Kier molecular flexibility index (Phi) is 6.27. The van der Waals surface area contributed by atoms with E-state index in [1.165, 1.54) is 16.4 Å². The molecule has 9 nitrogen and oxygen atoms in total. The van der Waals surface area contributed by atoms with E-state index in [2.05, 4.69) is 5.32 Å². The van der Waals surface area contributed by atoms with Crippen LogP contribution in [0.25, 0.3) is 0 Å². The number of carbonyl (C=O) groups excluding carboxylic acids is 2. The predicted octanol–water partition coefficient (Wildman–Crippen LogP) is 1.97. The zero-order valence-corrected chi connectivity index (χ0v) is 18.9. The van der Waals surface area contributed by atoms with Crippen LogP contribution in [0.4, 0.5) is 5.69 Å². The number of rotatable bonds is 5. The first-order valence-electron chi connectivity index (χ1n) is 10.0. The molecule has 2 aliphatic rings. The van der Waals surface area contributed by atoms with Crippen molar-refractivity contribution in [3.63, 3.8) is 0 Å². The first-order valence-corrected chi connectivity index (χ1v) is 11.8. The lowest BCUT2D eigenvalue weighted by atomic mass is 10.2. The first kappa shape index (κ1) is 22.4. The van der Waals surface area contributed by atoms with E-state index in [0.717, 1.165) is 0 Å². The Balaban J connectivity index is 1.42. The van der Waals surface area contributed by atoms with Gasteiger partial charge in [-0.3, -0.25) is 9.59 Å². The maximum Gasteiger partial charge on any atom is 0.263 e. The fourth-order valence-electron chi connectivity index (χ4n) is 3.58. The smallest absolute Gasteiger partial charge is 0.263 e. The van der Waals surface area contributed by atoms with Gasteiger partial charge in [0.1, 0.15) is 16.4 Å². The highest BCUT2D eigenvalue weighted by Gasteiger charge is 2.34. The number of piperazine rings is 1. The average Bonchev–Trinajstić information content (AvgIpc) is 2.78. The number of para-hydroxylation sites is 1. The third kappa shape index (κ3) is 4.52. The number of nitrogens with one attached hydrogen (secondary N) is 1. The second kappa shape index (κ2) is 8.97. The highest BCUT2D eigenvalue weighted by atomic mass is 35.5. The van der Waals surface area contributed by atoms with Gasteiger partial charge in [0.15, 0.2) is 12.7 Å². The van der Waals surface area contributed by atoms with E-state index in [-0.39, 0.29) is 60.3 Å². The third-order valence-corrected chi connectivity index (χ3v) is 7.60. The molecule has 4 rings (SSSR count). The second-order valence-electron chi connectivity index (χ2n) is 7.42. The molecule has 0 aromatic heterocycles. The van der Waals surface area contributed by atoms with Gasteiger partial charge in [-0.25, -0.2) is 8.42 Å². The summed E-state index contributed by atoms with van der Waals surface area (Å²) < 4.78 is 38.6. The summed E-state index contributed by atoms with van der Waals surface area (Å²) in [5.41, 5.74) is 0.327. The molecule has 0 radical (unpaired) electrons. The Labute approximate surface area is 190 Å². The summed E-state index contributed by atoms with van der Waals surface area (Å²) >= 11 is 6.22. The molecule has 2 amide bonds. The summed E-state index contributed by atoms with van der Waals surface area (Å²) in [6.07, 6.45) is -0.692. The van der Waals surface area contributed by atoms with Crippen LogP contribution in [-0.2, 0) is 19.6 Å². The van der Waals surface area contributed by atoms with Gasteiger partial charge in [0, 0.05) is 32.2 Å². The SMILES string of the molecule is CC(Oc1ccccc1)C(=O)N1CCN(S(=O)(=O)c2cc3c(cc2Cl)NC(=O)CO3)CC1. The number of fused-ring (bicyclic) bond motifs is 1. The summed E-state index contributed by atoms with van der Waals surface area (Å²) in [5, 5.41) is 2.58. The molecular formula is C21H22ClN3O6S. The minimum absolute atomic E-state index is 0.0158. The molecule has 2 aliphatic heterocycles. The summed E-state index contributed by atoms with van der Waals surface area (Å²) in [6, 6.07) is 11.7. The highest BCUT2D eigenvalue weighted by molar-refractivity contribution is 7.89. The van der Waals surface area contributed by atoms with Crippen LogP contribution in [-0.4, -0.2) is 68.3 Å². The predicted molar refractivity (Wildman–Crippen MR) is 117 cm³/mol. The number of anilines is 1. The van der Waals surface area contributed by atoms with Crippen LogP contribution < -0.4 is 14.8 Å².